The van der Waals surface area contributed by atoms with Crippen LogP contribution in [0.25, 0.3) is 0 Å². The summed E-state index contributed by atoms with van der Waals surface area (Å²) in [6.07, 6.45) is 8.80. The van der Waals surface area contributed by atoms with E-state index in [0.717, 1.165) is 19.3 Å². The minimum absolute atomic E-state index is 0.249. The van der Waals surface area contributed by atoms with Crippen LogP contribution in [0.5, 0.6) is 0 Å². The van der Waals surface area contributed by atoms with E-state index in [-0.39, 0.29) is 4.90 Å². The number of hydrazine groups is 1. The van der Waals surface area contributed by atoms with Crippen LogP contribution in [0.2, 0.25) is 0 Å². The van der Waals surface area contributed by atoms with Gasteiger partial charge in [0.1, 0.15) is 0 Å². The average Bonchev–Trinajstić information content (AvgIpc) is 2.41. The van der Waals surface area contributed by atoms with Gasteiger partial charge in [0, 0.05) is 6.20 Å². The fourth-order valence-corrected chi connectivity index (χ4v) is 2.57. The maximum Gasteiger partial charge on any atom is 0.257 e. The fraction of sp³-hybridized carbons (Fsp3) is 0.231. The number of allylic oxidation sites excluding steroid dienone is 3. The molecule has 2 rings (SSSR count). The Bertz CT molecular complexity index is 548. The van der Waals surface area contributed by atoms with Gasteiger partial charge in [-0.25, -0.2) is 8.42 Å². The number of hydrogen-bond acceptors (Lipinski definition) is 3. The van der Waals surface area contributed by atoms with Crippen LogP contribution in [0.4, 0.5) is 0 Å². The summed E-state index contributed by atoms with van der Waals surface area (Å²) in [6.45, 7) is 0. The van der Waals surface area contributed by atoms with E-state index in [4.69, 9.17) is 0 Å². The molecule has 0 spiro atoms. The molecule has 0 saturated heterocycles. The van der Waals surface area contributed by atoms with E-state index in [1.54, 1.807) is 36.5 Å². The summed E-state index contributed by atoms with van der Waals surface area (Å²) >= 11 is 0. The van der Waals surface area contributed by atoms with Crippen LogP contribution in [0.3, 0.4) is 0 Å². The molecule has 0 aromatic heterocycles. The summed E-state index contributed by atoms with van der Waals surface area (Å²) in [5.41, 5.74) is 3.85. The predicted molar refractivity (Wildman–Crippen MR) is 71.0 cm³/mol. The fourth-order valence-electron chi connectivity index (χ4n) is 1.72. The van der Waals surface area contributed by atoms with E-state index in [2.05, 4.69) is 22.4 Å². The molecular formula is C13H16N2O2S. The van der Waals surface area contributed by atoms with Gasteiger partial charge in [0.15, 0.2) is 0 Å². The van der Waals surface area contributed by atoms with Crippen molar-refractivity contribution >= 4 is 10.0 Å². The van der Waals surface area contributed by atoms with Gasteiger partial charge in [-0.3, -0.25) is 0 Å². The van der Waals surface area contributed by atoms with E-state index in [1.165, 1.54) is 5.57 Å². The molecule has 0 fully saturated rings. The van der Waals surface area contributed by atoms with Crippen LogP contribution in [0.1, 0.15) is 19.3 Å². The summed E-state index contributed by atoms with van der Waals surface area (Å²) in [4.78, 5) is 2.59. The second-order valence-electron chi connectivity index (χ2n) is 4.08. The van der Waals surface area contributed by atoms with Crippen LogP contribution < -0.4 is 10.3 Å². The Labute approximate surface area is 107 Å². The van der Waals surface area contributed by atoms with Gasteiger partial charge in [-0.05, 0) is 37.0 Å². The SMILES string of the molecule is O=S(=O)(NN/C=C1/CC=CCC1)c1ccccc1. The van der Waals surface area contributed by atoms with E-state index in [0.29, 0.717) is 0 Å². The van der Waals surface area contributed by atoms with Crippen molar-refractivity contribution in [3.05, 3.63) is 54.3 Å². The first kappa shape index (κ1) is 12.9. The third-order valence-corrected chi connectivity index (χ3v) is 3.98. The first-order chi connectivity index (χ1) is 8.68. The standard InChI is InChI=1S/C13H16N2O2S/c16-18(17,13-9-5-2-6-10-13)15-14-11-12-7-3-1-4-8-12/h1-3,5-6,9-11,14-15H,4,7-8H2/b12-11-. The summed E-state index contributed by atoms with van der Waals surface area (Å²) in [5.74, 6) is 0. The number of nitrogens with one attached hydrogen (secondary N) is 2. The van der Waals surface area contributed by atoms with Gasteiger partial charge in [-0.1, -0.05) is 30.4 Å². The van der Waals surface area contributed by atoms with Gasteiger partial charge in [-0.15, -0.1) is 4.83 Å². The summed E-state index contributed by atoms with van der Waals surface area (Å²) in [6, 6.07) is 8.28. The zero-order valence-electron chi connectivity index (χ0n) is 9.96. The molecule has 0 aliphatic heterocycles. The molecule has 1 aliphatic carbocycles. The van der Waals surface area contributed by atoms with Crippen molar-refractivity contribution in [2.75, 3.05) is 0 Å². The van der Waals surface area contributed by atoms with Crippen LogP contribution in [-0.4, -0.2) is 8.42 Å². The quantitative estimate of drug-likeness (QED) is 0.646. The lowest BCUT2D eigenvalue weighted by atomic mass is 10.0. The maximum absolute atomic E-state index is 11.9. The molecule has 1 aromatic carbocycles. The van der Waals surface area contributed by atoms with E-state index >= 15 is 0 Å². The van der Waals surface area contributed by atoms with Crippen LogP contribution >= 0.6 is 0 Å². The van der Waals surface area contributed by atoms with Crippen LogP contribution in [-0.2, 0) is 10.0 Å². The third kappa shape index (κ3) is 3.45. The lowest BCUT2D eigenvalue weighted by molar-refractivity contribution is 0.573. The Balaban J connectivity index is 1.96. The number of rotatable bonds is 4. The molecule has 0 amide bonds. The van der Waals surface area contributed by atoms with Gasteiger partial charge in [-0.2, -0.15) is 0 Å². The van der Waals surface area contributed by atoms with Gasteiger partial charge in [0.2, 0.25) is 0 Å². The van der Waals surface area contributed by atoms with Gasteiger partial charge in [0.05, 0.1) is 4.90 Å². The Kier molecular flexibility index (Phi) is 4.17. The Hall–Kier alpha value is -1.59. The Morgan fingerprint density at radius 2 is 1.89 bits per heavy atom. The molecule has 0 heterocycles. The molecule has 18 heavy (non-hydrogen) atoms. The second kappa shape index (κ2) is 5.84. The largest absolute Gasteiger partial charge is 0.315 e. The third-order valence-electron chi connectivity index (χ3n) is 2.70. The smallest absolute Gasteiger partial charge is 0.257 e. The second-order valence-corrected chi connectivity index (χ2v) is 5.76. The summed E-state index contributed by atoms with van der Waals surface area (Å²) in [5, 5.41) is 0. The molecule has 2 N–H and O–H groups in total. The maximum atomic E-state index is 11.9. The highest BCUT2D eigenvalue weighted by Crippen LogP contribution is 2.15. The number of benzene rings is 1. The first-order valence-electron chi connectivity index (χ1n) is 5.84. The van der Waals surface area contributed by atoms with E-state index in [9.17, 15) is 8.42 Å². The Morgan fingerprint density at radius 3 is 2.56 bits per heavy atom. The molecule has 0 bridgehead atoms. The molecule has 96 valence electrons. The normalized spacial score (nSPS) is 17.9. The van der Waals surface area contributed by atoms with Crippen molar-refractivity contribution in [2.45, 2.75) is 24.2 Å². The van der Waals surface area contributed by atoms with E-state index < -0.39 is 10.0 Å². The summed E-state index contributed by atoms with van der Waals surface area (Å²) < 4.78 is 23.7. The number of sulfonamides is 1. The Morgan fingerprint density at radius 1 is 1.11 bits per heavy atom. The van der Waals surface area contributed by atoms with Gasteiger partial charge < -0.3 is 5.43 Å². The molecule has 0 radical (unpaired) electrons. The molecule has 5 heteroatoms. The highest BCUT2D eigenvalue weighted by molar-refractivity contribution is 7.89. The summed E-state index contributed by atoms with van der Waals surface area (Å²) in [7, 11) is -3.48. The zero-order valence-corrected chi connectivity index (χ0v) is 10.8. The molecule has 4 nitrogen and oxygen atoms in total. The highest BCUT2D eigenvalue weighted by Gasteiger charge is 2.11. The highest BCUT2D eigenvalue weighted by atomic mass is 32.2. The molecule has 0 atom stereocenters. The van der Waals surface area contributed by atoms with Crippen LogP contribution in [0.15, 0.2) is 59.2 Å². The molecular weight excluding hydrogens is 248 g/mol. The minimum Gasteiger partial charge on any atom is -0.315 e. The van der Waals surface area contributed by atoms with Crippen molar-refractivity contribution in [3.63, 3.8) is 0 Å². The lowest BCUT2D eigenvalue weighted by Crippen LogP contribution is -2.33. The zero-order chi connectivity index (χ0) is 12.8. The lowest BCUT2D eigenvalue weighted by Gasteiger charge is -2.10. The van der Waals surface area contributed by atoms with Gasteiger partial charge in [0.25, 0.3) is 10.0 Å². The average molecular weight is 264 g/mol. The van der Waals surface area contributed by atoms with E-state index in [1.807, 2.05) is 0 Å². The molecule has 0 saturated carbocycles. The van der Waals surface area contributed by atoms with Crippen molar-refractivity contribution in [1.82, 2.24) is 10.3 Å². The van der Waals surface area contributed by atoms with Crippen molar-refractivity contribution < 1.29 is 8.42 Å². The number of hydrogen-bond donors (Lipinski definition) is 2. The monoisotopic (exact) mass is 264 g/mol. The first-order valence-corrected chi connectivity index (χ1v) is 7.32. The molecule has 1 aromatic rings. The molecule has 0 unspecified atom stereocenters. The van der Waals surface area contributed by atoms with Crippen molar-refractivity contribution in [1.29, 1.82) is 0 Å². The predicted octanol–water partition coefficient (Wildman–Crippen LogP) is 2.09. The molecule has 1 aliphatic rings. The van der Waals surface area contributed by atoms with Crippen molar-refractivity contribution in [2.24, 2.45) is 0 Å². The van der Waals surface area contributed by atoms with Crippen LogP contribution in [0, 0.1) is 0 Å². The van der Waals surface area contributed by atoms with Crippen molar-refractivity contribution in [3.8, 4) is 0 Å². The minimum atomic E-state index is -3.48. The topological polar surface area (TPSA) is 58.2 Å². The van der Waals surface area contributed by atoms with Gasteiger partial charge >= 0.3 is 0 Å².